The van der Waals surface area contributed by atoms with Crippen molar-refractivity contribution in [2.45, 2.75) is 89.3 Å². The number of amides is 1. The molecule has 1 saturated heterocycles. The van der Waals surface area contributed by atoms with Gasteiger partial charge in [-0.15, -0.1) is 35.0 Å². The number of nitrogens with two attached hydrogens (primary N) is 1. The molecule has 2 bridgehead atoms. The highest BCUT2D eigenvalue weighted by atomic mass is 35.5. The fraction of sp³-hybridized carbons (Fsp3) is 0.857. The van der Waals surface area contributed by atoms with Gasteiger partial charge in [-0.2, -0.15) is 0 Å². The molecule has 2 aliphatic heterocycles. The van der Waals surface area contributed by atoms with Crippen molar-refractivity contribution in [3.05, 3.63) is 11.6 Å². The Labute approximate surface area is 186 Å². The van der Waals surface area contributed by atoms with Gasteiger partial charge in [0, 0.05) is 31.5 Å². The van der Waals surface area contributed by atoms with E-state index in [4.69, 9.17) is 5.73 Å². The van der Waals surface area contributed by atoms with Gasteiger partial charge < -0.3 is 15.2 Å². The van der Waals surface area contributed by atoms with Crippen LogP contribution in [0.4, 0.5) is 0 Å². The number of hydrogen-bond donors (Lipinski definition) is 1. The topological polar surface area (TPSA) is 77.0 Å². The van der Waals surface area contributed by atoms with E-state index < -0.39 is 0 Å². The quantitative estimate of drug-likeness (QED) is 0.755. The van der Waals surface area contributed by atoms with Crippen molar-refractivity contribution >= 4 is 30.7 Å². The first kappa shape index (κ1) is 22.8. The Kier molecular flexibility index (Phi) is 7.50. The number of carbonyl (C=O) groups excluding carboxylic acids is 1. The minimum atomic E-state index is 0. The lowest BCUT2D eigenvalue weighted by Crippen LogP contribution is -2.51. The molecule has 8 heteroatoms. The predicted molar refractivity (Wildman–Crippen MR) is 117 cm³/mol. The van der Waals surface area contributed by atoms with Crippen LogP contribution >= 0.6 is 24.8 Å². The van der Waals surface area contributed by atoms with Gasteiger partial charge in [0.25, 0.3) is 0 Å². The van der Waals surface area contributed by atoms with E-state index in [2.05, 4.69) is 19.7 Å². The number of nitrogens with zero attached hydrogens (tertiary/aromatic N) is 4. The number of halogens is 2. The Bertz CT molecular complexity index is 697. The molecule has 0 aromatic carbocycles. The highest BCUT2D eigenvalue weighted by Crippen LogP contribution is 2.43. The van der Waals surface area contributed by atoms with Crippen molar-refractivity contribution in [3.63, 3.8) is 0 Å². The molecule has 3 unspecified atom stereocenters. The fourth-order valence-corrected chi connectivity index (χ4v) is 6.27. The molecule has 1 aromatic heterocycles. The van der Waals surface area contributed by atoms with Crippen molar-refractivity contribution in [2.75, 3.05) is 6.54 Å². The summed E-state index contributed by atoms with van der Waals surface area (Å²) in [5.41, 5.74) is 6.46. The minimum Gasteiger partial charge on any atom is -0.332 e. The van der Waals surface area contributed by atoms with Crippen molar-refractivity contribution in [1.29, 1.82) is 0 Å². The summed E-state index contributed by atoms with van der Waals surface area (Å²) >= 11 is 0. The second kappa shape index (κ2) is 9.52. The Morgan fingerprint density at radius 3 is 2.38 bits per heavy atom. The van der Waals surface area contributed by atoms with Crippen molar-refractivity contribution < 1.29 is 4.79 Å². The Morgan fingerprint density at radius 1 is 0.897 bits per heavy atom. The Hall–Kier alpha value is -0.850. The van der Waals surface area contributed by atoms with Crippen LogP contribution in [0.1, 0.15) is 81.9 Å². The maximum atomic E-state index is 13.6. The van der Waals surface area contributed by atoms with Crippen LogP contribution in [0.3, 0.4) is 0 Å². The minimum absolute atomic E-state index is 0. The smallest absolute Gasteiger partial charge is 0.226 e. The molecule has 0 spiro atoms. The summed E-state index contributed by atoms with van der Waals surface area (Å²) in [6, 6.07) is 0.449. The van der Waals surface area contributed by atoms with Gasteiger partial charge in [-0.05, 0) is 69.6 Å². The number of aromatic nitrogens is 3. The maximum Gasteiger partial charge on any atom is 0.226 e. The molecule has 3 heterocycles. The number of piperidine rings is 1. The SMILES string of the molecule is Cl.Cl.NC1C2CCCC1CC(C(=O)N1CCCCC1c1nnc3n1CCCC3)C2. The number of carbonyl (C=O) groups is 1. The van der Waals surface area contributed by atoms with Crippen LogP contribution in [0.5, 0.6) is 0 Å². The molecule has 29 heavy (non-hydrogen) atoms. The summed E-state index contributed by atoms with van der Waals surface area (Å²) in [5.74, 6) is 3.81. The average molecular weight is 444 g/mol. The van der Waals surface area contributed by atoms with Crippen molar-refractivity contribution in [3.8, 4) is 0 Å². The van der Waals surface area contributed by atoms with Crippen LogP contribution in [-0.2, 0) is 17.8 Å². The van der Waals surface area contributed by atoms with E-state index in [9.17, 15) is 4.79 Å². The average Bonchev–Trinajstić information content (AvgIpc) is 3.11. The maximum absolute atomic E-state index is 13.6. The van der Waals surface area contributed by atoms with E-state index in [-0.39, 0.29) is 36.8 Å². The van der Waals surface area contributed by atoms with Crippen molar-refractivity contribution in [2.24, 2.45) is 23.5 Å². The first-order chi connectivity index (χ1) is 13.2. The lowest BCUT2D eigenvalue weighted by molar-refractivity contribution is -0.143. The lowest BCUT2D eigenvalue weighted by atomic mass is 9.64. The molecule has 2 N–H and O–H groups in total. The van der Waals surface area contributed by atoms with Gasteiger partial charge in [0.15, 0.2) is 5.82 Å². The molecule has 2 saturated carbocycles. The van der Waals surface area contributed by atoms with Gasteiger partial charge in [-0.3, -0.25) is 4.79 Å². The summed E-state index contributed by atoms with van der Waals surface area (Å²) in [4.78, 5) is 15.8. The Balaban J connectivity index is 0.00000120. The lowest BCUT2D eigenvalue weighted by Gasteiger charge is -2.46. The molecule has 6 nitrogen and oxygen atoms in total. The zero-order valence-electron chi connectivity index (χ0n) is 17.2. The molecule has 2 aliphatic carbocycles. The molecule has 4 aliphatic rings. The normalized spacial score (nSPS) is 33.8. The van der Waals surface area contributed by atoms with Crippen LogP contribution < -0.4 is 5.73 Å². The summed E-state index contributed by atoms with van der Waals surface area (Å²) in [6.07, 6.45) is 12.5. The highest BCUT2D eigenvalue weighted by molar-refractivity contribution is 5.85. The van der Waals surface area contributed by atoms with Gasteiger partial charge in [-0.25, -0.2) is 0 Å². The molecular weight excluding hydrogens is 409 g/mol. The second-order valence-electron chi connectivity index (χ2n) is 9.32. The van der Waals surface area contributed by atoms with Crippen LogP contribution in [0, 0.1) is 17.8 Å². The molecule has 5 rings (SSSR count). The van der Waals surface area contributed by atoms with E-state index in [0.717, 1.165) is 56.8 Å². The summed E-state index contributed by atoms with van der Waals surface area (Å²) in [7, 11) is 0. The van der Waals surface area contributed by atoms with Gasteiger partial charge in [0.2, 0.25) is 5.91 Å². The number of rotatable bonds is 2. The van der Waals surface area contributed by atoms with E-state index in [0.29, 0.717) is 23.8 Å². The fourth-order valence-electron chi connectivity index (χ4n) is 6.27. The van der Waals surface area contributed by atoms with E-state index in [1.165, 1.54) is 38.5 Å². The first-order valence-electron chi connectivity index (χ1n) is 11.2. The van der Waals surface area contributed by atoms with Crippen LogP contribution in [0.25, 0.3) is 0 Å². The molecule has 3 fully saturated rings. The number of hydrogen-bond acceptors (Lipinski definition) is 4. The summed E-state index contributed by atoms with van der Waals surface area (Å²) < 4.78 is 2.31. The third kappa shape index (κ3) is 4.17. The third-order valence-corrected chi connectivity index (χ3v) is 7.73. The highest BCUT2D eigenvalue weighted by Gasteiger charge is 2.43. The van der Waals surface area contributed by atoms with Crippen LogP contribution in [0.2, 0.25) is 0 Å². The number of likely N-dealkylation sites (tertiary alicyclic amines) is 1. The number of aryl methyl sites for hydroxylation is 1. The Morgan fingerprint density at radius 2 is 1.62 bits per heavy atom. The second-order valence-corrected chi connectivity index (χ2v) is 9.32. The van der Waals surface area contributed by atoms with E-state index in [1.54, 1.807) is 0 Å². The van der Waals surface area contributed by atoms with Gasteiger partial charge in [0.05, 0.1) is 6.04 Å². The van der Waals surface area contributed by atoms with Crippen molar-refractivity contribution in [1.82, 2.24) is 19.7 Å². The largest absolute Gasteiger partial charge is 0.332 e. The van der Waals surface area contributed by atoms with Gasteiger partial charge in [0.1, 0.15) is 5.82 Å². The molecule has 1 aromatic rings. The van der Waals surface area contributed by atoms with E-state index >= 15 is 0 Å². The third-order valence-electron chi connectivity index (χ3n) is 7.73. The molecule has 0 radical (unpaired) electrons. The molecular formula is C21H35Cl2N5O. The number of fused-ring (bicyclic) bond motifs is 3. The van der Waals surface area contributed by atoms with Gasteiger partial charge in [-0.1, -0.05) is 6.42 Å². The molecule has 1 amide bonds. The monoisotopic (exact) mass is 443 g/mol. The molecule has 164 valence electrons. The van der Waals surface area contributed by atoms with Crippen LogP contribution in [0.15, 0.2) is 0 Å². The zero-order chi connectivity index (χ0) is 18.4. The predicted octanol–water partition coefficient (Wildman–Crippen LogP) is 3.67. The van der Waals surface area contributed by atoms with E-state index in [1.807, 2.05) is 0 Å². The summed E-state index contributed by atoms with van der Waals surface area (Å²) in [5, 5.41) is 9.02. The van der Waals surface area contributed by atoms with Gasteiger partial charge >= 0.3 is 0 Å². The molecule has 3 atom stereocenters. The summed E-state index contributed by atoms with van der Waals surface area (Å²) in [6.45, 7) is 1.89. The zero-order valence-corrected chi connectivity index (χ0v) is 18.8. The standard InChI is InChI=1S/C21H33N5O.2ClH/c22-19-14-6-5-7-15(19)13-16(12-14)21(27)25-10-3-1-8-17(25)20-24-23-18-9-2-4-11-26(18)20;;/h14-17,19H,1-13,22H2;2*1H. The van der Waals surface area contributed by atoms with Crippen LogP contribution in [-0.4, -0.2) is 38.2 Å². The first-order valence-corrected chi connectivity index (χ1v) is 11.2.